The molecule has 0 heterocycles. The van der Waals surface area contributed by atoms with Gasteiger partial charge in [0.05, 0.1) is 7.11 Å². The topological polar surface area (TPSA) is 97.0 Å². The lowest BCUT2D eigenvalue weighted by atomic mass is 9.79. The van der Waals surface area contributed by atoms with Gasteiger partial charge in [-0.2, -0.15) is 4.99 Å². The molecule has 1 aliphatic rings. The Kier molecular flexibility index (Phi) is 13.4. The SMILES string of the molecule is CCCCCCN(Cc1ccc(F)c(OC)c1)C(=O)C(C)NC(N)=NC(=O)CC1CCC(CCC)CC1. The number of nitrogens with one attached hydrogen (secondary N) is 1. The van der Waals surface area contributed by atoms with Crippen molar-refractivity contribution in [2.24, 2.45) is 22.6 Å². The summed E-state index contributed by atoms with van der Waals surface area (Å²) in [5.41, 5.74) is 6.79. The van der Waals surface area contributed by atoms with Crippen LogP contribution in [0.3, 0.4) is 0 Å². The van der Waals surface area contributed by atoms with Crippen molar-refractivity contribution in [2.75, 3.05) is 13.7 Å². The van der Waals surface area contributed by atoms with Gasteiger partial charge in [-0.3, -0.25) is 9.59 Å². The second-order valence-electron chi connectivity index (χ2n) is 10.4. The number of ether oxygens (including phenoxy) is 1. The Bertz CT molecular complexity index is 884. The lowest BCUT2D eigenvalue weighted by Gasteiger charge is -2.27. The number of halogens is 1. The van der Waals surface area contributed by atoms with Crippen molar-refractivity contribution >= 4 is 17.8 Å². The first kappa shape index (κ1) is 30.6. The van der Waals surface area contributed by atoms with Gasteiger partial charge in [-0.25, -0.2) is 4.39 Å². The highest BCUT2D eigenvalue weighted by Gasteiger charge is 2.24. The zero-order valence-corrected chi connectivity index (χ0v) is 23.2. The van der Waals surface area contributed by atoms with Crippen molar-refractivity contribution < 1.29 is 18.7 Å². The Morgan fingerprint density at radius 3 is 2.49 bits per heavy atom. The average molecular weight is 519 g/mol. The molecule has 1 aromatic rings. The third kappa shape index (κ3) is 10.7. The van der Waals surface area contributed by atoms with E-state index < -0.39 is 11.9 Å². The number of methoxy groups -OCH3 is 1. The molecule has 2 rings (SSSR count). The molecule has 3 N–H and O–H groups in total. The summed E-state index contributed by atoms with van der Waals surface area (Å²) in [5, 5.41) is 2.90. The maximum absolute atomic E-state index is 13.9. The first-order valence-corrected chi connectivity index (χ1v) is 14.0. The van der Waals surface area contributed by atoms with E-state index in [1.54, 1.807) is 24.0 Å². The minimum absolute atomic E-state index is 0.0279. The third-order valence-corrected chi connectivity index (χ3v) is 7.29. The molecule has 208 valence electrons. The molecule has 2 amide bonds. The molecule has 1 aliphatic carbocycles. The monoisotopic (exact) mass is 518 g/mol. The summed E-state index contributed by atoms with van der Waals surface area (Å²) in [6.07, 6.45) is 11.5. The molecule has 0 aliphatic heterocycles. The Balaban J connectivity index is 1.96. The van der Waals surface area contributed by atoms with Crippen molar-refractivity contribution in [3.63, 3.8) is 0 Å². The second kappa shape index (κ2) is 16.3. The second-order valence-corrected chi connectivity index (χ2v) is 10.4. The molecule has 1 unspecified atom stereocenters. The Hall–Kier alpha value is -2.64. The first-order chi connectivity index (χ1) is 17.8. The molecule has 1 aromatic carbocycles. The number of nitrogens with zero attached hydrogens (tertiary/aromatic N) is 2. The van der Waals surface area contributed by atoms with Gasteiger partial charge in [0.15, 0.2) is 17.5 Å². The zero-order valence-electron chi connectivity index (χ0n) is 23.2. The van der Waals surface area contributed by atoms with Crippen LogP contribution in [0.1, 0.15) is 97.0 Å². The van der Waals surface area contributed by atoms with E-state index in [0.717, 1.165) is 50.0 Å². The molecule has 0 radical (unpaired) electrons. The van der Waals surface area contributed by atoms with Crippen LogP contribution in [0.25, 0.3) is 0 Å². The van der Waals surface area contributed by atoms with E-state index in [2.05, 4.69) is 24.2 Å². The van der Waals surface area contributed by atoms with Gasteiger partial charge in [-0.1, -0.05) is 64.9 Å². The number of guanidine groups is 1. The Morgan fingerprint density at radius 1 is 1.14 bits per heavy atom. The molecule has 1 fully saturated rings. The highest BCUT2D eigenvalue weighted by atomic mass is 19.1. The summed E-state index contributed by atoms with van der Waals surface area (Å²) in [5.74, 6) is 0.445. The number of rotatable bonds is 14. The van der Waals surface area contributed by atoms with Crippen molar-refractivity contribution in [1.29, 1.82) is 0 Å². The summed E-state index contributed by atoms with van der Waals surface area (Å²) in [6.45, 7) is 6.97. The number of amides is 2. The van der Waals surface area contributed by atoms with Gasteiger partial charge in [-0.15, -0.1) is 0 Å². The number of hydrogen-bond acceptors (Lipinski definition) is 3. The minimum Gasteiger partial charge on any atom is -0.494 e. The van der Waals surface area contributed by atoms with Gasteiger partial charge in [-0.05, 0) is 55.7 Å². The number of nitrogens with two attached hydrogens (primary N) is 1. The quantitative estimate of drug-likeness (QED) is 0.191. The van der Waals surface area contributed by atoms with Crippen LogP contribution in [-0.4, -0.2) is 42.4 Å². The largest absolute Gasteiger partial charge is 0.494 e. The van der Waals surface area contributed by atoms with E-state index in [4.69, 9.17) is 10.5 Å². The molecule has 0 bridgehead atoms. The third-order valence-electron chi connectivity index (χ3n) is 7.29. The van der Waals surface area contributed by atoms with Crippen LogP contribution in [0.5, 0.6) is 5.75 Å². The fraction of sp³-hybridized carbons (Fsp3) is 0.690. The zero-order chi connectivity index (χ0) is 27.2. The predicted octanol–water partition coefficient (Wildman–Crippen LogP) is 5.56. The van der Waals surface area contributed by atoms with E-state index in [0.29, 0.717) is 25.4 Å². The smallest absolute Gasteiger partial charge is 0.249 e. The van der Waals surface area contributed by atoms with Crippen LogP contribution < -0.4 is 15.8 Å². The highest BCUT2D eigenvalue weighted by Crippen LogP contribution is 2.33. The molecule has 1 atom stereocenters. The fourth-order valence-electron chi connectivity index (χ4n) is 5.17. The molecule has 7 nitrogen and oxygen atoms in total. The van der Waals surface area contributed by atoms with Gasteiger partial charge >= 0.3 is 0 Å². The van der Waals surface area contributed by atoms with Crippen LogP contribution in [0.4, 0.5) is 4.39 Å². The maximum atomic E-state index is 13.9. The molecule has 37 heavy (non-hydrogen) atoms. The predicted molar refractivity (Wildman–Crippen MR) is 147 cm³/mol. The van der Waals surface area contributed by atoms with Crippen molar-refractivity contribution in [3.05, 3.63) is 29.6 Å². The van der Waals surface area contributed by atoms with Crippen molar-refractivity contribution in [2.45, 2.75) is 104 Å². The van der Waals surface area contributed by atoms with Gasteiger partial charge in [0.25, 0.3) is 0 Å². The van der Waals surface area contributed by atoms with Gasteiger partial charge < -0.3 is 20.7 Å². The molecule has 0 saturated heterocycles. The number of carbonyl (C=O) groups excluding carboxylic acids is 2. The molecule has 8 heteroatoms. The normalized spacial score (nSPS) is 18.8. The minimum atomic E-state index is -0.658. The van der Waals surface area contributed by atoms with Crippen LogP contribution in [0.15, 0.2) is 23.2 Å². The number of hydrogen-bond donors (Lipinski definition) is 2. The highest BCUT2D eigenvalue weighted by molar-refractivity contribution is 5.95. The summed E-state index contributed by atoms with van der Waals surface area (Å²) < 4.78 is 18.9. The molecule has 0 aromatic heterocycles. The number of unbranched alkanes of at least 4 members (excludes halogenated alkanes) is 3. The van der Waals surface area contributed by atoms with E-state index in [1.807, 2.05) is 0 Å². The summed E-state index contributed by atoms with van der Waals surface area (Å²) in [7, 11) is 1.42. The average Bonchev–Trinajstić information content (AvgIpc) is 2.87. The standard InChI is InChI=1S/C29H47FN4O3/c1-5-7-8-9-17-34(20-24-15-16-25(30)26(18-24)37-4)28(36)21(3)32-29(31)33-27(35)19-23-13-11-22(10-6-2)12-14-23/h15-16,18,21-23H,5-14,17,19-20H2,1-4H3,(H3,31,32,33,35). The van der Waals surface area contributed by atoms with E-state index >= 15 is 0 Å². The number of aliphatic imine (C=N–C) groups is 1. The molecular formula is C29H47FN4O3. The van der Waals surface area contributed by atoms with Gasteiger partial charge in [0, 0.05) is 19.5 Å². The summed E-state index contributed by atoms with van der Waals surface area (Å²) in [6, 6.07) is 3.97. The molecular weight excluding hydrogens is 471 g/mol. The Morgan fingerprint density at radius 2 is 1.84 bits per heavy atom. The summed E-state index contributed by atoms with van der Waals surface area (Å²) >= 11 is 0. The van der Waals surface area contributed by atoms with Gasteiger partial charge in [0.2, 0.25) is 11.8 Å². The van der Waals surface area contributed by atoms with Crippen LogP contribution in [0.2, 0.25) is 0 Å². The van der Waals surface area contributed by atoms with Crippen LogP contribution >= 0.6 is 0 Å². The van der Waals surface area contributed by atoms with Crippen LogP contribution in [-0.2, 0) is 16.1 Å². The molecule has 1 saturated carbocycles. The van der Waals surface area contributed by atoms with E-state index in [9.17, 15) is 14.0 Å². The Labute approximate surface area is 222 Å². The lowest BCUT2D eigenvalue weighted by molar-refractivity contribution is -0.133. The number of benzene rings is 1. The van der Waals surface area contributed by atoms with Gasteiger partial charge in [0.1, 0.15) is 6.04 Å². The van der Waals surface area contributed by atoms with E-state index in [-0.39, 0.29) is 23.5 Å². The maximum Gasteiger partial charge on any atom is 0.249 e. The lowest BCUT2D eigenvalue weighted by Crippen LogP contribution is -2.49. The van der Waals surface area contributed by atoms with Crippen molar-refractivity contribution in [3.8, 4) is 5.75 Å². The first-order valence-electron chi connectivity index (χ1n) is 14.0. The molecule has 0 spiro atoms. The fourth-order valence-corrected chi connectivity index (χ4v) is 5.17. The van der Waals surface area contributed by atoms with Crippen LogP contribution in [0, 0.1) is 17.7 Å². The van der Waals surface area contributed by atoms with Crippen molar-refractivity contribution in [1.82, 2.24) is 10.2 Å². The summed E-state index contributed by atoms with van der Waals surface area (Å²) in [4.78, 5) is 31.6. The van der Waals surface area contributed by atoms with E-state index in [1.165, 1.54) is 38.9 Å². The number of carbonyl (C=O) groups is 2.